The summed E-state index contributed by atoms with van der Waals surface area (Å²) in [5, 5.41) is 0. The lowest BCUT2D eigenvalue weighted by atomic mass is 9.99. The van der Waals surface area contributed by atoms with Crippen molar-refractivity contribution in [3.8, 4) is 0 Å². The van der Waals surface area contributed by atoms with Crippen LogP contribution in [0.15, 0.2) is 45.5 Å². The first-order chi connectivity index (χ1) is 8.22. The molecule has 2 aromatic rings. The normalized spacial score (nSPS) is 12.6. The molecule has 0 aliphatic carbocycles. The van der Waals surface area contributed by atoms with Crippen molar-refractivity contribution in [2.75, 3.05) is 0 Å². The number of hydrogen-bond acceptors (Lipinski definition) is 2. The predicted molar refractivity (Wildman–Crippen MR) is 72.9 cm³/mol. The number of halogens is 1. The zero-order valence-corrected chi connectivity index (χ0v) is 11.4. The fourth-order valence-corrected chi connectivity index (χ4v) is 2.43. The van der Waals surface area contributed by atoms with Gasteiger partial charge in [-0.1, -0.05) is 41.1 Å². The van der Waals surface area contributed by atoms with E-state index in [4.69, 9.17) is 10.2 Å². The molecule has 2 rings (SSSR count). The maximum atomic E-state index is 6.24. The van der Waals surface area contributed by atoms with E-state index in [2.05, 4.69) is 28.9 Å². The molecule has 1 atom stereocenters. The summed E-state index contributed by atoms with van der Waals surface area (Å²) >= 11 is 3.54. The number of hydrogen-bond donors (Lipinski definition) is 1. The minimum absolute atomic E-state index is 0.0117. The van der Waals surface area contributed by atoms with E-state index >= 15 is 0 Å². The third kappa shape index (κ3) is 2.79. The SMILES string of the molecule is CCc1occc1C(N)Cc1ccccc1Br. The molecular weight excluding hydrogens is 278 g/mol. The van der Waals surface area contributed by atoms with Gasteiger partial charge in [0.05, 0.1) is 6.26 Å². The molecule has 0 amide bonds. The lowest BCUT2D eigenvalue weighted by molar-refractivity contribution is 0.505. The highest BCUT2D eigenvalue weighted by molar-refractivity contribution is 9.10. The highest BCUT2D eigenvalue weighted by Gasteiger charge is 2.14. The quantitative estimate of drug-likeness (QED) is 0.930. The second kappa shape index (κ2) is 5.52. The van der Waals surface area contributed by atoms with Crippen molar-refractivity contribution in [3.63, 3.8) is 0 Å². The summed E-state index contributed by atoms with van der Waals surface area (Å²) in [5.74, 6) is 0.990. The van der Waals surface area contributed by atoms with Crippen molar-refractivity contribution in [1.82, 2.24) is 0 Å². The van der Waals surface area contributed by atoms with Crippen LogP contribution in [0.3, 0.4) is 0 Å². The molecule has 1 heterocycles. The van der Waals surface area contributed by atoms with Gasteiger partial charge in [-0.15, -0.1) is 0 Å². The van der Waals surface area contributed by atoms with Crippen LogP contribution in [0.2, 0.25) is 0 Å². The lowest BCUT2D eigenvalue weighted by Crippen LogP contribution is -2.14. The summed E-state index contributed by atoms with van der Waals surface area (Å²) in [7, 11) is 0. The van der Waals surface area contributed by atoms with Gasteiger partial charge in [-0.05, 0) is 24.1 Å². The Bertz CT molecular complexity index is 492. The van der Waals surface area contributed by atoms with Crippen LogP contribution in [-0.2, 0) is 12.8 Å². The van der Waals surface area contributed by atoms with Gasteiger partial charge in [0.25, 0.3) is 0 Å². The van der Waals surface area contributed by atoms with Crippen molar-refractivity contribution in [2.45, 2.75) is 25.8 Å². The molecule has 0 aliphatic rings. The Morgan fingerprint density at radius 1 is 1.29 bits per heavy atom. The minimum atomic E-state index is -0.0117. The molecule has 1 aromatic carbocycles. The van der Waals surface area contributed by atoms with Crippen molar-refractivity contribution in [3.05, 3.63) is 58.0 Å². The molecule has 0 fully saturated rings. The molecule has 2 nitrogen and oxygen atoms in total. The van der Waals surface area contributed by atoms with Gasteiger partial charge in [-0.3, -0.25) is 0 Å². The van der Waals surface area contributed by atoms with E-state index in [0.29, 0.717) is 0 Å². The van der Waals surface area contributed by atoms with Gasteiger partial charge in [0.15, 0.2) is 0 Å². The highest BCUT2D eigenvalue weighted by atomic mass is 79.9. The first-order valence-electron chi connectivity index (χ1n) is 5.77. The number of benzene rings is 1. The summed E-state index contributed by atoms with van der Waals surface area (Å²) in [4.78, 5) is 0. The van der Waals surface area contributed by atoms with Crippen LogP contribution in [0.5, 0.6) is 0 Å². The monoisotopic (exact) mass is 293 g/mol. The molecule has 0 saturated heterocycles. The Labute approximate surface area is 110 Å². The average Bonchev–Trinajstić information content (AvgIpc) is 2.80. The molecule has 1 unspecified atom stereocenters. The molecule has 0 bridgehead atoms. The Morgan fingerprint density at radius 3 is 2.76 bits per heavy atom. The molecule has 0 aliphatic heterocycles. The summed E-state index contributed by atoms with van der Waals surface area (Å²) < 4.78 is 6.52. The van der Waals surface area contributed by atoms with Crippen LogP contribution in [0.25, 0.3) is 0 Å². The van der Waals surface area contributed by atoms with Gasteiger partial charge < -0.3 is 10.2 Å². The van der Waals surface area contributed by atoms with E-state index in [0.717, 1.165) is 28.6 Å². The van der Waals surface area contributed by atoms with Crippen molar-refractivity contribution < 1.29 is 4.42 Å². The Kier molecular flexibility index (Phi) is 4.02. The van der Waals surface area contributed by atoms with E-state index in [9.17, 15) is 0 Å². The van der Waals surface area contributed by atoms with E-state index in [1.807, 2.05) is 24.3 Å². The van der Waals surface area contributed by atoms with E-state index in [1.54, 1.807) is 6.26 Å². The first kappa shape index (κ1) is 12.4. The number of furan rings is 1. The summed E-state index contributed by atoms with van der Waals surface area (Å²) in [6, 6.07) is 10.1. The van der Waals surface area contributed by atoms with Crippen LogP contribution in [-0.4, -0.2) is 0 Å². The van der Waals surface area contributed by atoms with E-state index in [1.165, 1.54) is 5.56 Å². The maximum absolute atomic E-state index is 6.24. The molecule has 90 valence electrons. The van der Waals surface area contributed by atoms with Gasteiger partial charge in [-0.2, -0.15) is 0 Å². The fraction of sp³-hybridized carbons (Fsp3) is 0.286. The molecule has 0 radical (unpaired) electrons. The van der Waals surface area contributed by atoms with Crippen molar-refractivity contribution in [2.24, 2.45) is 5.73 Å². The minimum Gasteiger partial charge on any atom is -0.469 e. The summed E-state index contributed by atoms with van der Waals surface area (Å²) in [6.45, 7) is 2.08. The predicted octanol–water partition coefficient (Wildman–Crippen LogP) is 3.85. The Morgan fingerprint density at radius 2 is 2.06 bits per heavy atom. The van der Waals surface area contributed by atoms with E-state index in [-0.39, 0.29) is 6.04 Å². The average molecular weight is 294 g/mol. The van der Waals surface area contributed by atoms with Gasteiger partial charge >= 0.3 is 0 Å². The fourth-order valence-electron chi connectivity index (χ4n) is 1.98. The first-order valence-corrected chi connectivity index (χ1v) is 6.57. The highest BCUT2D eigenvalue weighted by Crippen LogP contribution is 2.25. The maximum Gasteiger partial charge on any atom is 0.108 e. The van der Waals surface area contributed by atoms with Crippen LogP contribution < -0.4 is 5.73 Å². The number of nitrogens with two attached hydrogens (primary N) is 1. The smallest absolute Gasteiger partial charge is 0.108 e. The van der Waals surface area contributed by atoms with Crippen LogP contribution in [0, 0.1) is 0 Å². The second-order valence-electron chi connectivity index (χ2n) is 4.05. The third-order valence-electron chi connectivity index (χ3n) is 2.90. The van der Waals surface area contributed by atoms with Gasteiger partial charge in [0.2, 0.25) is 0 Å². The van der Waals surface area contributed by atoms with Crippen molar-refractivity contribution >= 4 is 15.9 Å². The standard InChI is InChI=1S/C14H16BrNO/c1-2-14-11(7-8-17-14)13(16)9-10-5-3-4-6-12(10)15/h3-8,13H,2,9,16H2,1H3. The summed E-state index contributed by atoms with van der Waals surface area (Å²) in [5.41, 5.74) is 8.58. The van der Waals surface area contributed by atoms with Gasteiger partial charge in [-0.25, -0.2) is 0 Å². The topological polar surface area (TPSA) is 39.2 Å². The van der Waals surface area contributed by atoms with Crippen LogP contribution >= 0.6 is 15.9 Å². The molecule has 0 saturated carbocycles. The zero-order valence-electron chi connectivity index (χ0n) is 9.82. The third-order valence-corrected chi connectivity index (χ3v) is 3.67. The van der Waals surface area contributed by atoms with E-state index < -0.39 is 0 Å². The molecule has 2 N–H and O–H groups in total. The zero-order chi connectivity index (χ0) is 12.3. The van der Waals surface area contributed by atoms with Gasteiger partial charge in [0.1, 0.15) is 5.76 Å². The second-order valence-corrected chi connectivity index (χ2v) is 4.91. The Balaban J connectivity index is 2.17. The number of aryl methyl sites for hydroxylation is 1. The molecule has 1 aromatic heterocycles. The number of rotatable bonds is 4. The molecular formula is C14H16BrNO. The summed E-state index contributed by atoms with van der Waals surface area (Å²) in [6.07, 6.45) is 3.41. The lowest BCUT2D eigenvalue weighted by Gasteiger charge is -2.12. The van der Waals surface area contributed by atoms with Gasteiger partial charge in [0, 0.05) is 22.5 Å². The molecule has 3 heteroatoms. The Hall–Kier alpha value is -1.06. The van der Waals surface area contributed by atoms with Crippen LogP contribution in [0.4, 0.5) is 0 Å². The molecule has 17 heavy (non-hydrogen) atoms. The van der Waals surface area contributed by atoms with Crippen LogP contribution in [0.1, 0.15) is 29.9 Å². The largest absolute Gasteiger partial charge is 0.469 e. The molecule has 0 spiro atoms. The van der Waals surface area contributed by atoms with Crippen molar-refractivity contribution in [1.29, 1.82) is 0 Å².